The van der Waals surface area contributed by atoms with Gasteiger partial charge in [-0.15, -0.1) is 0 Å². The SMILES string of the molecule is Cc1cccc(C)c1-c1cn2c(n1)c1cccc3ccc4ccnc2c4c31. The lowest BCUT2D eigenvalue weighted by Crippen LogP contribution is -1.94. The van der Waals surface area contributed by atoms with E-state index in [1.165, 1.54) is 43.6 Å². The minimum Gasteiger partial charge on any atom is -0.283 e. The molecule has 0 fully saturated rings. The number of hydrogen-bond acceptors (Lipinski definition) is 2. The second-order valence-corrected chi connectivity index (χ2v) is 7.29. The van der Waals surface area contributed by atoms with Gasteiger partial charge in [0.1, 0.15) is 11.3 Å². The fourth-order valence-corrected chi connectivity index (χ4v) is 4.47. The number of rotatable bonds is 1. The van der Waals surface area contributed by atoms with Gasteiger partial charge in [0.05, 0.1) is 5.69 Å². The van der Waals surface area contributed by atoms with Crippen LogP contribution in [-0.4, -0.2) is 14.4 Å². The van der Waals surface area contributed by atoms with E-state index in [1.807, 2.05) is 6.20 Å². The van der Waals surface area contributed by atoms with Gasteiger partial charge in [-0.2, -0.15) is 0 Å². The second-order valence-electron chi connectivity index (χ2n) is 7.29. The maximum atomic E-state index is 5.08. The van der Waals surface area contributed by atoms with Gasteiger partial charge in [-0.25, -0.2) is 9.97 Å². The predicted octanol–water partition coefficient (Wildman–Crippen LogP) is 5.91. The zero-order chi connectivity index (χ0) is 18.1. The lowest BCUT2D eigenvalue weighted by atomic mass is 9.99. The fourth-order valence-electron chi connectivity index (χ4n) is 4.47. The molecule has 3 heterocycles. The molecule has 128 valence electrons. The summed E-state index contributed by atoms with van der Waals surface area (Å²) in [5.74, 6) is 0. The van der Waals surface area contributed by atoms with Crippen LogP contribution in [0.1, 0.15) is 11.1 Å². The zero-order valence-corrected chi connectivity index (χ0v) is 15.2. The molecule has 0 N–H and O–H groups in total. The van der Waals surface area contributed by atoms with Crippen molar-refractivity contribution in [1.82, 2.24) is 14.4 Å². The van der Waals surface area contributed by atoms with E-state index in [0.29, 0.717) is 0 Å². The Morgan fingerprint density at radius 2 is 1.48 bits per heavy atom. The summed E-state index contributed by atoms with van der Waals surface area (Å²) in [6.45, 7) is 4.30. The van der Waals surface area contributed by atoms with Crippen molar-refractivity contribution in [3.8, 4) is 11.3 Å². The second kappa shape index (κ2) is 5.04. The highest BCUT2D eigenvalue weighted by molar-refractivity contribution is 6.24. The molecule has 0 bridgehead atoms. The summed E-state index contributed by atoms with van der Waals surface area (Å²) in [6.07, 6.45) is 4.03. The van der Waals surface area contributed by atoms with Crippen molar-refractivity contribution in [1.29, 1.82) is 0 Å². The van der Waals surface area contributed by atoms with E-state index in [9.17, 15) is 0 Å². The normalized spacial score (nSPS) is 12.1. The highest BCUT2D eigenvalue weighted by Gasteiger charge is 2.17. The number of aromatic nitrogens is 3. The minimum absolute atomic E-state index is 0.969. The van der Waals surface area contributed by atoms with Gasteiger partial charge in [0.15, 0.2) is 0 Å². The Labute approximate surface area is 156 Å². The monoisotopic (exact) mass is 347 g/mol. The van der Waals surface area contributed by atoms with Gasteiger partial charge in [-0.3, -0.25) is 4.40 Å². The summed E-state index contributed by atoms with van der Waals surface area (Å²) < 4.78 is 2.16. The van der Waals surface area contributed by atoms with Crippen molar-refractivity contribution in [2.45, 2.75) is 13.8 Å². The van der Waals surface area contributed by atoms with E-state index in [4.69, 9.17) is 9.97 Å². The Morgan fingerprint density at radius 3 is 2.30 bits per heavy atom. The van der Waals surface area contributed by atoms with Gasteiger partial charge in [0, 0.05) is 34.1 Å². The summed E-state index contributed by atoms with van der Waals surface area (Å²) in [5, 5.41) is 6.09. The van der Waals surface area contributed by atoms with Crippen molar-refractivity contribution in [2.24, 2.45) is 0 Å². The molecule has 3 aromatic heterocycles. The van der Waals surface area contributed by atoms with Crippen molar-refractivity contribution in [2.75, 3.05) is 0 Å². The zero-order valence-electron chi connectivity index (χ0n) is 15.2. The molecule has 3 heteroatoms. The first-order chi connectivity index (χ1) is 13.2. The molecule has 0 aliphatic rings. The Hall–Kier alpha value is -3.46. The van der Waals surface area contributed by atoms with Crippen LogP contribution in [0.5, 0.6) is 0 Å². The summed E-state index contributed by atoms with van der Waals surface area (Å²) in [7, 11) is 0. The first-order valence-corrected chi connectivity index (χ1v) is 9.19. The first-order valence-electron chi connectivity index (χ1n) is 9.19. The number of imidazole rings is 1. The number of hydrogen-bond donors (Lipinski definition) is 0. The molecule has 0 saturated carbocycles. The van der Waals surface area contributed by atoms with Crippen LogP contribution in [0.15, 0.2) is 67.0 Å². The molecular formula is C24H17N3. The van der Waals surface area contributed by atoms with Crippen LogP contribution in [0.4, 0.5) is 0 Å². The maximum Gasteiger partial charge on any atom is 0.147 e. The van der Waals surface area contributed by atoms with Crippen LogP contribution in [0.25, 0.3) is 49.5 Å². The summed E-state index contributed by atoms with van der Waals surface area (Å²) in [5.41, 5.74) is 6.64. The molecule has 0 unspecified atom stereocenters. The third-order valence-electron chi connectivity index (χ3n) is 5.66. The highest BCUT2D eigenvalue weighted by atomic mass is 15.0. The smallest absolute Gasteiger partial charge is 0.147 e. The molecule has 0 spiro atoms. The number of aryl methyl sites for hydroxylation is 2. The van der Waals surface area contributed by atoms with Crippen LogP contribution in [0, 0.1) is 13.8 Å². The molecule has 6 aromatic rings. The summed E-state index contributed by atoms with van der Waals surface area (Å²) in [4.78, 5) is 9.81. The maximum absolute atomic E-state index is 5.08. The minimum atomic E-state index is 0.969. The molecule has 27 heavy (non-hydrogen) atoms. The van der Waals surface area contributed by atoms with Gasteiger partial charge in [0.2, 0.25) is 0 Å². The average molecular weight is 347 g/mol. The number of pyridine rings is 2. The molecule has 0 aliphatic heterocycles. The van der Waals surface area contributed by atoms with Crippen LogP contribution < -0.4 is 0 Å². The van der Waals surface area contributed by atoms with Gasteiger partial charge in [0.25, 0.3) is 0 Å². The van der Waals surface area contributed by atoms with Crippen LogP contribution in [0.2, 0.25) is 0 Å². The molecular weight excluding hydrogens is 330 g/mol. The van der Waals surface area contributed by atoms with Gasteiger partial charge < -0.3 is 0 Å². The van der Waals surface area contributed by atoms with E-state index >= 15 is 0 Å². The largest absolute Gasteiger partial charge is 0.283 e. The lowest BCUT2D eigenvalue weighted by molar-refractivity contribution is 1.20. The Bertz CT molecular complexity index is 1380. The van der Waals surface area contributed by atoms with E-state index < -0.39 is 0 Å². The van der Waals surface area contributed by atoms with Gasteiger partial charge in [-0.05, 0) is 41.8 Å². The van der Waals surface area contributed by atoms with E-state index in [1.54, 1.807) is 0 Å². The molecule has 0 radical (unpaired) electrons. The molecule has 0 aliphatic carbocycles. The van der Waals surface area contributed by atoms with E-state index in [2.05, 4.69) is 79.0 Å². The fraction of sp³-hybridized carbons (Fsp3) is 0.0833. The summed E-state index contributed by atoms with van der Waals surface area (Å²) >= 11 is 0. The van der Waals surface area contributed by atoms with Crippen LogP contribution in [-0.2, 0) is 0 Å². The average Bonchev–Trinajstić information content (AvgIpc) is 3.12. The quantitative estimate of drug-likeness (QED) is 0.346. The number of benzene rings is 3. The van der Waals surface area contributed by atoms with Gasteiger partial charge >= 0.3 is 0 Å². The highest BCUT2D eigenvalue weighted by Crippen LogP contribution is 2.37. The lowest BCUT2D eigenvalue weighted by Gasteiger charge is -2.11. The van der Waals surface area contributed by atoms with Gasteiger partial charge in [-0.1, -0.05) is 48.5 Å². The Balaban J connectivity index is 1.87. The Kier molecular flexibility index (Phi) is 2.74. The first kappa shape index (κ1) is 14.7. The van der Waals surface area contributed by atoms with Crippen molar-refractivity contribution < 1.29 is 0 Å². The summed E-state index contributed by atoms with van der Waals surface area (Å²) in [6, 6.07) is 19.3. The third-order valence-corrected chi connectivity index (χ3v) is 5.66. The molecule has 3 nitrogen and oxygen atoms in total. The topological polar surface area (TPSA) is 30.2 Å². The van der Waals surface area contributed by atoms with E-state index in [0.717, 1.165) is 17.0 Å². The Morgan fingerprint density at radius 1 is 0.741 bits per heavy atom. The molecule has 0 amide bonds. The molecule has 0 atom stereocenters. The third kappa shape index (κ3) is 1.86. The van der Waals surface area contributed by atoms with Crippen molar-refractivity contribution in [3.05, 3.63) is 78.1 Å². The number of nitrogens with zero attached hydrogens (tertiary/aromatic N) is 3. The molecule has 6 rings (SSSR count). The molecule has 0 saturated heterocycles. The van der Waals surface area contributed by atoms with E-state index in [-0.39, 0.29) is 0 Å². The number of fused-ring (bicyclic) bond motifs is 3. The molecule has 3 aromatic carbocycles. The van der Waals surface area contributed by atoms with Crippen LogP contribution in [0.3, 0.4) is 0 Å². The predicted molar refractivity (Wildman–Crippen MR) is 112 cm³/mol. The van der Waals surface area contributed by atoms with Crippen molar-refractivity contribution in [3.63, 3.8) is 0 Å². The van der Waals surface area contributed by atoms with Crippen molar-refractivity contribution >= 4 is 38.2 Å². The standard InChI is InChI=1S/C24H17N3/c1-14-5-3-6-15(2)20(14)19-13-27-23(26-19)18-8-4-7-16-9-10-17-11-12-25-24(27)22(17)21(16)18/h3-13H,1-2H3. The van der Waals surface area contributed by atoms with Crippen LogP contribution >= 0.6 is 0 Å².